The number of piperazine rings is 1. The number of hydrogen-bond donors (Lipinski definition) is 2. The Kier molecular flexibility index (Phi) is 7.84. The van der Waals surface area contributed by atoms with Crippen molar-refractivity contribution in [1.82, 2.24) is 9.47 Å². The lowest BCUT2D eigenvalue weighted by atomic mass is 9.95. The summed E-state index contributed by atoms with van der Waals surface area (Å²) in [6.07, 6.45) is -4.93. The van der Waals surface area contributed by atoms with E-state index in [-0.39, 0.29) is 35.8 Å². The molecule has 2 amide bonds. The monoisotopic (exact) mass is 599 g/mol. The number of carbonyl (C=O) groups is 2. The van der Waals surface area contributed by atoms with Crippen LogP contribution in [0, 0.1) is 23.3 Å². The molecule has 2 aromatic carbocycles. The number of carbonyl (C=O) groups excluding carboxylic acids is 2. The molecule has 1 fully saturated rings. The molecule has 0 spiro atoms. The van der Waals surface area contributed by atoms with Gasteiger partial charge >= 0.3 is 6.18 Å². The van der Waals surface area contributed by atoms with Crippen molar-refractivity contribution >= 4 is 17.5 Å². The van der Waals surface area contributed by atoms with Crippen molar-refractivity contribution in [2.24, 2.45) is 11.5 Å². The first-order valence-corrected chi connectivity index (χ1v) is 12.4. The third-order valence-electron chi connectivity index (χ3n) is 7.34. The van der Waals surface area contributed by atoms with Crippen molar-refractivity contribution in [3.05, 3.63) is 80.8 Å². The van der Waals surface area contributed by atoms with Gasteiger partial charge in [-0.3, -0.25) is 23.9 Å². The molecule has 0 aliphatic carbocycles. The summed E-state index contributed by atoms with van der Waals surface area (Å²) in [5, 5.41) is 0. The maximum Gasteiger partial charge on any atom is 0.417 e. The zero-order valence-electron chi connectivity index (χ0n) is 22.3. The second-order valence-electron chi connectivity index (χ2n) is 9.98. The second kappa shape index (κ2) is 10.8. The Morgan fingerprint density at radius 2 is 1.50 bits per heavy atom. The van der Waals surface area contributed by atoms with E-state index in [1.54, 1.807) is 20.9 Å². The molecule has 2 atom stereocenters. The van der Waals surface area contributed by atoms with Gasteiger partial charge in [-0.25, -0.2) is 17.6 Å². The molecule has 4 N–H and O–H groups in total. The number of alkyl halides is 3. The molecule has 42 heavy (non-hydrogen) atoms. The Morgan fingerprint density at radius 3 is 2.02 bits per heavy atom. The molecule has 0 saturated carbocycles. The smallest absolute Gasteiger partial charge is 0.366 e. The van der Waals surface area contributed by atoms with E-state index in [0.29, 0.717) is 12.3 Å². The van der Waals surface area contributed by atoms with Crippen LogP contribution in [0.3, 0.4) is 0 Å². The normalized spacial score (nSPS) is 17.9. The standard InChI is InChI=1S/C27H24F7N5O3/c1-11-8-38(9-12(2)37(11)3)23-19(26(36)42)21(30)18(13-5-4-6-16(28)20(13)29)22(31)24(23)39-10-14(25(35)41)15(7-17(39)40)27(32,33)34/h4-7,10-12H,8-9H2,1-3H3,(H2,35,41)(H2,36,42)/t11-,12+. The summed E-state index contributed by atoms with van der Waals surface area (Å²) in [5.41, 5.74) is 1.10. The van der Waals surface area contributed by atoms with Crippen molar-refractivity contribution in [1.29, 1.82) is 0 Å². The number of pyridine rings is 1. The first-order chi connectivity index (χ1) is 19.5. The fourth-order valence-corrected chi connectivity index (χ4v) is 5.08. The van der Waals surface area contributed by atoms with E-state index < -0.39 is 86.0 Å². The molecule has 0 bridgehead atoms. The molecule has 1 saturated heterocycles. The van der Waals surface area contributed by atoms with Crippen molar-refractivity contribution in [3.63, 3.8) is 0 Å². The van der Waals surface area contributed by atoms with Gasteiger partial charge in [0.15, 0.2) is 17.5 Å². The quantitative estimate of drug-likeness (QED) is 0.433. The Balaban J connectivity index is 2.23. The third-order valence-corrected chi connectivity index (χ3v) is 7.34. The summed E-state index contributed by atoms with van der Waals surface area (Å²) in [5.74, 6) is -9.82. The maximum absolute atomic E-state index is 16.6. The number of anilines is 1. The predicted octanol–water partition coefficient (Wildman–Crippen LogP) is 3.81. The van der Waals surface area contributed by atoms with Crippen LogP contribution in [0.1, 0.15) is 40.1 Å². The molecular weight excluding hydrogens is 575 g/mol. The van der Waals surface area contributed by atoms with Gasteiger partial charge in [-0.1, -0.05) is 12.1 Å². The zero-order valence-corrected chi connectivity index (χ0v) is 22.3. The molecule has 1 aliphatic heterocycles. The van der Waals surface area contributed by atoms with Gasteiger partial charge in [0, 0.05) is 43.0 Å². The van der Waals surface area contributed by atoms with Crippen LogP contribution < -0.4 is 21.9 Å². The minimum Gasteiger partial charge on any atom is -0.366 e. The molecule has 4 rings (SSSR count). The van der Waals surface area contributed by atoms with E-state index in [9.17, 15) is 36.3 Å². The number of nitrogens with zero attached hydrogens (tertiary/aromatic N) is 3. The number of aromatic nitrogens is 1. The van der Waals surface area contributed by atoms with Crippen LogP contribution in [-0.2, 0) is 6.18 Å². The number of rotatable bonds is 5. The lowest BCUT2D eigenvalue weighted by molar-refractivity contribution is -0.138. The van der Waals surface area contributed by atoms with Gasteiger partial charge in [0.1, 0.15) is 17.1 Å². The molecule has 1 aromatic heterocycles. The van der Waals surface area contributed by atoms with Gasteiger partial charge in [0.2, 0.25) is 0 Å². The van der Waals surface area contributed by atoms with E-state index >= 15 is 8.78 Å². The number of hydrogen-bond acceptors (Lipinski definition) is 5. The van der Waals surface area contributed by atoms with Gasteiger partial charge in [-0.05, 0) is 27.0 Å². The minimum absolute atomic E-state index is 0.0151. The summed E-state index contributed by atoms with van der Waals surface area (Å²) >= 11 is 0. The van der Waals surface area contributed by atoms with Crippen LogP contribution >= 0.6 is 0 Å². The van der Waals surface area contributed by atoms with Crippen molar-refractivity contribution in [3.8, 4) is 16.8 Å². The Labute approximate surface area is 233 Å². The van der Waals surface area contributed by atoms with Gasteiger partial charge in [-0.15, -0.1) is 0 Å². The van der Waals surface area contributed by atoms with Gasteiger partial charge in [0.05, 0.1) is 22.4 Å². The van der Waals surface area contributed by atoms with Crippen LogP contribution in [0.15, 0.2) is 35.3 Å². The SMILES string of the molecule is C[C@@H]1CN(c2c(C(N)=O)c(F)c(-c3cccc(F)c3F)c(F)c2-n2cc(C(N)=O)c(C(F)(F)F)cc2=O)C[C@H](C)N1C. The van der Waals surface area contributed by atoms with E-state index in [1.165, 1.54) is 4.90 Å². The molecular formula is C27H24F7N5O3. The highest BCUT2D eigenvalue weighted by atomic mass is 19.4. The van der Waals surface area contributed by atoms with E-state index in [4.69, 9.17) is 11.5 Å². The molecule has 2 heterocycles. The molecule has 224 valence electrons. The largest absolute Gasteiger partial charge is 0.417 e. The first kappa shape index (κ1) is 30.6. The van der Waals surface area contributed by atoms with E-state index in [2.05, 4.69) is 0 Å². The Morgan fingerprint density at radius 1 is 0.905 bits per heavy atom. The van der Waals surface area contributed by atoms with E-state index in [0.717, 1.165) is 12.1 Å². The fourth-order valence-electron chi connectivity index (χ4n) is 5.08. The van der Waals surface area contributed by atoms with Crippen LogP contribution in [-0.4, -0.2) is 53.5 Å². The second-order valence-corrected chi connectivity index (χ2v) is 9.98. The number of primary amides is 2. The summed E-state index contributed by atoms with van der Waals surface area (Å²) < 4.78 is 103. The summed E-state index contributed by atoms with van der Waals surface area (Å²) in [6.45, 7) is 3.45. The molecule has 8 nitrogen and oxygen atoms in total. The highest BCUT2D eigenvalue weighted by Gasteiger charge is 2.39. The van der Waals surface area contributed by atoms with Crippen LogP contribution in [0.5, 0.6) is 0 Å². The van der Waals surface area contributed by atoms with Crippen LogP contribution in [0.25, 0.3) is 16.8 Å². The molecule has 1 aliphatic rings. The van der Waals surface area contributed by atoms with Crippen LogP contribution in [0.2, 0.25) is 0 Å². The van der Waals surface area contributed by atoms with E-state index in [1.807, 2.05) is 4.90 Å². The number of halogens is 7. The number of likely N-dealkylation sites (N-methyl/N-ethyl adjacent to an activating group) is 1. The van der Waals surface area contributed by atoms with Gasteiger partial charge < -0.3 is 16.4 Å². The minimum atomic E-state index is -5.23. The molecule has 0 radical (unpaired) electrons. The highest BCUT2D eigenvalue weighted by molar-refractivity contribution is 6.03. The number of amides is 2. The van der Waals surface area contributed by atoms with Gasteiger partial charge in [-0.2, -0.15) is 13.2 Å². The Bertz CT molecular complexity index is 1660. The third kappa shape index (κ3) is 5.08. The predicted molar refractivity (Wildman–Crippen MR) is 138 cm³/mol. The summed E-state index contributed by atoms with van der Waals surface area (Å²) in [4.78, 5) is 41.1. The molecule has 15 heteroatoms. The average Bonchev–Trinajstić information content (AvgIpc) is 2.88. The fraction of sp³-hybridized carbons (Fsp3) is 0.296. The van der Waals surface area contributed by atoms with Crippen molar-refractivity contribution in [2.45, 2.75) is 32.1 Å². The van der Waals surface area contributed by atoms with Crippen LogP contribution in [0.4, 0.5) is 36.4 Å². The lowest BCUT2D eigenvalue weighted by Crippen LogP contribution is -2.55. The lowest BCUT2D eigenvalue weighted by Gasteiger charge is -2.44. The van der Waals surface area contributed by atoms with Crippen molar-refractivity contribution < 1.29 is 40.3 Å². The molecule has 3 aromatic rings. The first-order valence-electron chi connectivity index (χ1n) is 12.4. The summed E-state index contributed by atoms with van der Waals surface area (Å²) in [7, 11) is 1.76. The topological polar surface area (TPSA) is 115 Å². The Hall–Kier alpha value is -4.40. The maximum atomic E-state index is 16.6. The van der Waals surface area contributed by atoms with Crippen molar-refractivity contribution in [2.75, 3.05) is 25.0 Å². The number of nitrogens with two attached hydrogens (primary N) is 2. The zero-order chi connectivity index (χ0) is 31.4. The number of benzene rings is 2. The average molecular weight is 600 g/mol. The molecule has 0 unspecified atom stereocenters. The van der Waals surface area contributed by atoms with Gasteiger partial charge in [0.25, 0.3) is 17.4 Å². The highest BCUT2D eigenvalue weighted by Crippen LogP contribution is 2.42. The summed E-state index contributed by atoms with van der Waals surface area (Å²) in [6, 6.07) is 1.71.